The van der Waals surface area contributed by atoms with Crippen molar-refractivity contribution >= 4 is 17.4 Å². The van der Waals surface area contributed by atoms with E-state index in [1.54, 1.807) is 19.2 Å². The van der Waals surface area contributed by atoms with Crippen molar-refractivity contribution in [2.24, 2.45) is 0 Å². The molecule has 0 aliphatic carbocycles. The van der Waals surface area contributed by atoms with Gasteiger partial charge in [-0.3, -0.25) is 4.79 Å². The third-order valence-corrected chi connectivity index (χ3v) is 3.34. The fourth-order valence-electron chi connectivity index (χ4n) is 2.23. The molecule has 2 aromatic carbocycles. The number of benzene rings is 2. The Morgan fingerprint density at radius 2 is 1.75 bits per heavy atom. The van der Waals surface area contributed by atoms with Gasteiger partial charge < -0.3 is 4.74 Å². The minimum atomic E-state index is -0.617. The number of ether oxygens (including phenoxy) is 1. The van der Waals surface area contributed by atoms with Crippen molar-refractivity contribution in [1.82, 2.24) is 0 Å². The van der Waals surface area contributed by atoms with Crippen molar-refractivity contribution in [1.29, 1.82) is 0 Å². The molecule has 0 aliphatic rings. The summed E-state index contributed by atoms with van der Waals surface area (Å²) in [6.45, 7) is 3.70. The predicted octanol–water partition coefficient (Wildman–Crippen LogP) is 4.34. The normalized spacial score (nSPS) is 10.4. The van der Waals surface area contributed by atoms with Gasteiger partial charge in [-0.2, -0.15) is 0 Å². The van der Waals surface area contributed by atoms with Crippen molar-refractivity contribution in [3.8, 4) is 5.75 Å². The van der Waals surface area contributed by atoms with E-state index >= 15 is 0 Å². The molecule has 104 valence electrons. The van der Waals surface area contributed by atoms with Crippen molar-refractivity contribution in [3.05, 3.63) is 63.4 Å². The summed E-state index contributed by atoms with van der Waals surface area (Å²) in [5.41, 5.74) is 2.12. The number of carbonyl (C=O) groups excluding carboxylic acids is 1. The largest absolute Gasteiger partial charge is 0.496 e. The average Bonchev–Trinajstić information content (AvgIpc) is 2.37. The summed E-state index contributed by atoms with van der Waals surface area (Å²) in [5, 5.41) is 0.265. The quantitative estimate of drug-likeness (QED) is 0.787. The van der Waals surface area contributed by atoms with Gasteiger partial charge in [0, 0.05) is 10.6 Å². The van der Waals surface area contributed by atoms with E-state index in [0.717, 1.165) is 22.9 Å². The van der Waals surface area contributed by atoms with Crippen LogP contribution >= 0.6 is 11.6 Å². The maximum Gasteiger partial charge on any atom is 0.195 e. The van der Waals surface area contributed by atoms with Crippen LogP contribution in [0.3, 0.4) is 0 Å². The SMILES string of the molecule is COc1c(C)cc(C(=O)c2ccc(Cl)cc2F)cc1C. The van der Waals surface area contributed by atoms with Crippen LogP contribution in [-0.2, 0) is 0 Å². The van der Waals surface area contributed by atoms with Crippen molar-refractivity contribution < 1.29 is 13.9 Å². The van der Waals surface area contributed by atoms with Crippen LogP contribution in [0.15, 0.2) is 30.3 Å². The molecule has 0 bridgehead atoms. The molecule has 0 aromatic heterocycles. The topological polar surface area (TPSA) is 26.3 Å². The average molecular weight is 293 g/mol. The number of hydrogen-bond acceptors (Lipinski definition) is 2. The summed E-state index contributed by atoms with van der Waals surface area (Å²) in [4.78, 5) is 12.4. The molecule has 2 nitrogen and oxygen atoms in total. The minimum absolute atomic E-state index is 0.0124. The second kappa shape index (κ2) is 5.63. The molecule has 0 amide bonds. The van der Waals surface area contributed by atoms with E-state index in [1.807, 2.05) is 13.8 Å². The number of methoxy groups -OCH3 is 1. The molecule has 20 heavy (non-hydrogen) atoms. The summed E-state index contributed by atoms with van der Waals surface area (Å²) >= 11 is 5.69. The molecule has 2 rings (SSSR count). The van der Waals surface area contributed by atoms with Gasteiger partial charge in [0.05, 0.1) is 12.7 Å². The van der Waals surface area contributed by atoms with Crippen LogP contribution in [0.1, 0.15) is 27.0 Å². The van der Waals surface area contributed by atoms with Crippen LogP contribution in [0, 0.1) is 19.7 Å². The first kappa shape index (κ1) is 14.5. The number of hydrogen-bond donors (Lipinski definition) is 0. The third-order valence-electron chi connectivity index (χ3n) is 3.10. The molecular formula is C16H14ClFO2. The first-order valence-electron chi connectivity index (χ1n) is 6.09. The lowest BCUT2D eigenvalue weighted by molar-refractivity contribution is 0.103. The van der Waals surface area contributed by atoms with E-state index < -0.39 is 5.82 Å². The Labute approximate surface area is 122 Å². The molecule has 0 saturated carbocycles. The molecule has 0 spiro atoms. The second-order valence-corrected chi connectivity index (χ2v) is 5.03. The smallest absolute Gasteiger partial charge is 0.195 e. The number of rotatable bonds is 3. The Kier molecular flexibility index (Phi) is 4.09. The maximum atomic E-state index is 13.8. The van der Waals surface area contributed by atoms with E-state index in [1.165, 1.54) is 12.1 Å². The van der Waals surface area contributed by atoms with Gasteiger partial charge in [-0.05, 0) is 55.3 Å². The third kappa shape index (κ3) is 2.68. The standard InChI is InChI=1S/C16H14ClFO2/c1-9-6-11(7-10(2)16(9)20-3)15(19)13-5-4-12(17)8-14(13)18/h4-8H,1-3H3. The molecule has 0 saturated heterocycles. The number of carbonyl (C=O) groups is 1. The van der Waals surface area contributed by atoms with E-state index in [9.17, 15) is 9.18 Å². The summed E-state index contributed by atoms with van der Waals surface area (Å²) in [5.74, 6) is -0.250. The minimum Gasteiger partial charge on any atom is -0.496 e. The van der Waals surface area contributed by atoms with Gasteiger partial charge in [-0.25, -0.2) is 4.39 Å². The molecule has 4 heteroatoms. The zero-order chi connectivity index (χ0) is 14.9. The number of aryl methyl sites for hydroxylation is 2. The Bertz CT molecular complexity index is 657. The summed E-state index contributed by atoms with van der Waals surface area (Å²) in [6.07, 6.45) is 0. The van der Waals surface area contributed by atoms with Crippen molar-refractivity contribution in [3.63, 3.8) is 0 Å². The van der Waals surface area contributed by atoms with Crippen LogP contribution in [0.5, 0.6) is 5.75 Å². The Balaban J connectivity index is 2.49. The molecule has 0 radical (unpaired) electrons. The monoisotopic (exact) mass is 292 g/mol. The van der Waals surface area contributed by atoms with Gasteiger partial charge in [-0.15, -0.1) is 0 Å². The van der Waals surface area contributed by atoms with Crippen LogP contribution < -0.4 is 4.74 Å². The highest BCUT2D eigenvalue weighted by Crippen LogP contribution is 2.26. The molecule has 0 atom stereocenters. The van der Waals surface area contributed by atoms with Crippen LogP contribution in [0.4, 0.5) is 4.39 Å². The second-order valence-electron chi connectivity index (χ2n) is 4.60. The Hall–Kier alpha value is -1.87. The molecule has 0 unspecified atom stereocenters. The summed E-state index contributed by atoms with van der Waals surface area (Å²) in [6, 6.07) is 7.43. The van der Waals surface area contributed by atoms with E-state index in [-0.39, 0.29) is 16.4 Å². The van der Waals surface area contributed by atoms with Crippen LogP contribution in [-0.4, -0.2) is 12.9 Å². The van der Waals surface area contributed by atoms with Crippen LogP contribution in [0.25, 0.3) is 0 Å². The highest BCUT2D eigenvalue weighted by molar-refractivity contribution is 6.30. The number of halogens is 2. The zero-order valence-corrected chi connectivity index (χ0v) is 12.2. The fraction of sp³-hybridized carbons (Fsp3) is 0.188. The van der Waals surface area contributed by atoms with Gasteiger partial charge in [0.15, 0.2) is 5.78 Å². The Morgan fingerprint density at radius 3 is 2.25 bits per heavy atom. The molecule has 0 heterocycles. The van der Waals surface area contributed by atoms with Crippen molar-refractivity contribution in [2.75, 3.05) is 7.11 Å². The van der Waals surface area contributed by atoms with Gasteiger partial charge >= 0.3 is 0 Å². The maximum absolute atomic E-state index is 13.8. The lowest BCUT2D eigenvalue weighted by Crippen LogP contribution is -2.06. The van der Waals surface area contributed by atoms with Gasteiger partial charge in [-0.1, -0.05) is 11.6 Å². The lowest BCUT2D eigenvalue weighted by atomic mass is 9.98. The zero-order valence-electron chi connectivity index (χ0n) is 11.5. The van der Waals surface area contributed by atoms with Gasteiger partial charge in [0.25, 0.3) is 0 Å². The summed E-state index contributed by atoms with van der Waals surface area (Å²) in [7, 11) is 1.58. The Morgan fingerprint density at radius 1 is 1.15 bits per heavy atom. The molecule has 0 N–H and O–H groups in total. The number of ketones is 1. The van der Waals surface area contributed by atoms with Gasteiger partial charge in [0.1, 0.15) is 11.6 Å². The molecular weight excluding hydrogens is 279 g/mol. The van der Waals surface area contributed by atoms with Crippen LogP contribution in [0.2, 0.25) is 5.02 Å². The van der Waals surface area contributed by atoms with E-state index in [4.69, 9.17) is 16.3 Å². The molecule has 2 aromatic rings. The van der Waals surface area contributed by atoms with Crippen molar-refractivity contribution in [2.45, 2.75) is 13.8 Å². The van der Waals surface area contributed by atoms with E-state index in [2.05, 4.69) is 0 Å². The summed E-state index contributed by atoms with van der Waals surface area (Å²) < 4.78 is 19.1. The highest BCUT2D eigenvalue weighted by atomic mass is 35.5. The van der Waals surface area contributed by atoms with Gasteiger partial charge in [0.2, 0.25) is 0 Å². The first-order chi connectivity index (χ1) is 9.43. The fourth-order valence-corrected chi connectivity index (χ4v) is 2.39. The lowest BCUT2D eigenvalue weighted by Gasteiger charge is -2.11. The highest BCUT2D eigenvalue weighted by Gasteiger charge is 2.16. The molecule has 0 aliphatic heterocycles. The van der Waals surface area contributed by atoms with E-state index in [0.29, 0.717) is 5.56 Å². The molecule has 0 fully saturated rings. The predicted molar refractivity (Wildman–Crippen MR) is 77.3 cm³/mol. The first-order valence-corrected chi connectivity index (χ1v) is 6.47.